The maximum atomic E-state index is 16.4. The molecule has 3 fully saturated rings. The number of hydrogen-bond donors (Lipinski definition) is 19. The van der Waals surface area contributed by atoms with E-state index in [4.69, 9.17) is 66.7 Å². The monoisotopic (exact) mass is 1590 g/mol. The largest absolute Gasteiger partial charge is 0.508 e. The molecular weight excluding hydrogens is 1490 g/mol. The third-order valence-corrected chi connectivity index (χ3v) is 20.9. The first-order chi connectivity index (χ1) is 52.5. The van der Waals surface area contributed by atoms with Crippen molar-refractivity contribution in [1.82, 2.24) is 31.9 Å². The van der Waals surface area contributed by atoms with E-state index in [0.717, 1.165) is 48.5 Å². The molecule has 36 nitrogen and oxygen atoms in total. The number of amides is 7. The van der Waals surface area contributed by atoms with E-state index in [0.29, 0.717) is 0 Å². The lowest BCUT2D eigenvalue weighted by Crippen LogP contribution is -2.64. The standard InChI is InChI=1S/C75H93ClN10O26/c1-29(2)18-42(86(7,8)9)67(98)84-56-58(92)34-13-17-45(40(76)20-34)108-47-22-35-21-46(62(47)112-73-63(60(94)59(93)48(28-87)109-73)111-51-27-75(6,79)65(96)31(4)106-51)107-37-14-10-32(11-15-37)61(110-50-26-74(5,78)64(95)30(3)105-50)57-71(102)83-55(72(103)104)39-23-36(88)24-44(90)52(39)38-19-33(12-16-43(38)89)53(68(99)85-57)82-69(100)54(35)81-66(97)41(25-49(77)91)80-70(56)101/h10-17,19-24,29-31,41-42,48,50-51,53-61,63-65,73,87,92-96H,18,25-28,78-79H2,1-9H3,(H11-,77,80,81,82,83,84,85,88,89,90,91,97,98,99,100,101,102,103,104)/p+1/t30-,31-,41?,42?,48+,50-,51-,53?,54?,55?,56?,57?,58?,59+,60-,61?,63+,64-,65-,73-,74-,75-/m0/s1. The van der Waals surface area contributed by atoms with Crippen LogP contribution in [0, 0.1) is 5.92 Å². The van der Waals surface area contributed by atoms with Gasteiger partial charge in [-0.15, -0.1) is 0 Å². The van der Waals surface area contributed by atoms with Crippen LogP contribution in [0.15, 0.2) is 84.9 Å². The number of aromatic hydroxyl groups is 3. The molecule has 5 aromatic rings. The van der Waals surface area contributed by atoms with Crippen molar-refractivity contribution in [2.45, 2.75) is 201 Å². The first kappa shape index (κ1) is 83.3. The molecule has 22 atom stereocenters. The number of fused-ring (bicyclic) bond motifs is 15. The Kier molecular flexibility index (Phi) is 24.4. The summed E-state index contributed by atoms with van der Waals surface area (Å²) in [6.07, 6.45) is -22.3. The number of hydrogen-bond acceptors (Lipinski definition) is 27. The molecule has 7 amide bonds. The number of phenolic OH excluding ortho intramolecular Hbond substituents is 3. The summed E-state index contributed by atoms with van der Waals surface area (Å²) in [6.45, 7) is 8.74. The highest BCUT2D eigenvalue weighted by Gasteiger charge is 2.53. The molecule has 606 valence electrons. The number of carbonyl (C=O) groups excluding carboxylic acids is 7. The van der Waals surface area contributed by atoms with Crippen LogP contribution in [0.3, 0.4) is 0 Å². The van der Waals surface area contributed by atoms with Crippen LogP contribution >= 0.6 is 11.6 Å². The van der Waals surface area contributed by atoms with Crippen molar-refractivity contribution in [2.75, 3.05) is 27.7 Å². The van der Waals surface area contributed by atoms with Crippen LogP contribution in [-0.2, 0) is 62.0 Å². The topological polar surface area (TPSA) is 563 Å². The van der Waals surface area contributed by atoms with Crippen molar-refractivity contribution in [3.8, 4) is 57.1 Å². The Morgan fingerprint density at radius 3 is 1.85 bits per heavy atom. The third kappa shape index (κ3) is 17.7. The van der Waals surface area contributed by atoms with Gasteiger partial charge >= 0.3 is 5.97 Å². The lowest BCUT2D eigenvalue weighted by atomic mass is 9.86. The zero-order chi connectivity index (χ0) is 81.8. The normalized spacial score (nSPS) is 32.0. The number of carbonyl (C=O) groups is 8. The summed E-state index contributed by atoms with van der Waals surface area (Å²) in [5.74, 6) is -15.4. The van der Waals surface area contributed by atoms with Gasteiger partial charge in [0.05, 0.1) is 63.6 Å². The summed E-state index contributed by atoms with van der Waals surface area (Å²) in [5, 5.41) is 130. The van der Waals surface area contributed by atoms with Gasteiger partial charge in [-0.25, -0.2) is 4.79 Å². The van der Waals surface area contributed by atoms with Gasteiger partial charge in [-0.05, 0) is 110 Å². The van der Waals surface area contributed by atoms with Crippen LogP contribution in [0.5, 0.6) is 46.0 Å². The molecule has 22 N–H and O–H groups in total. The molecule has 8 aliphatic rings. The van der Waals surface area contributed by atoms with E-state index in [2.05, 4.69) is 31.9 Å². The van der Waals surface area contributed by atoms with Gasteiger partial charge < -0.3 is 143 Å². The molecule has 0 aliphatic carbocycles. The van der Waals surface area contributed by atoms with Crippen LogP contribution in [0.2, 0.25) is 5.02 Å². The second kappa shape index (κ2) is 32.8. The summed E-state index contributed by atoms with van der Waals surface area (Å²) in [4.78, 5) is 120. The van der Waals surface area contributed by atoms with Crippen LogP contribution in [-0.4, -0.2) is 234 Å². The molecule has 0 radical (unpaired) electrons. The predicted octanol–water partition coefficient (Wildman–Crippen LogP) is 0.177. The summed E-state index contributed by atoms with van der Waals surface area (Å²) in [6, 6.07) is 1.70. The van der Waals surface area contributed by atoms with Gasteiger partial charge in [0.15, 0.2) is 42.3 Å². The molecule has 112 heavy (non-hydrogen) atoms. The average molecular weight is 1590 g/mol. The van der Waals surface area contributed by atoms with Gasteiger partial charge in [-0.1, -0.05) is 49.7 Å². The third-order valence-electron chi connectivity index (χ3n) is 20.6. The number of rotatable bonds is 15. The minimum atomic E-state index is -2.34. The van der Waals surface area contributed by atoms with Gasteiger partial charge in [0, 0.05) is 53.1 Å². The van der Waals surface area contributed by atoms with Crippen LogP contribution in [0.4, 0.5) is 0 Å². The Bertz CT molecular complexity index is 4430. The molecule has 0 saturated carbocycles. The quantitative estimate of drug-likeness (QED) is 0.0622. The second-order valence-electron chi connectivity index (χ2n) is 30.9. The highest BCUT2D eigenvalue weighted by molar-refractivity contribution is 6.32. The smallest absolute Gasteiger partial charge is 0.330 e. The van der Waals surface area contributed by atoms with E-state index in [9.17, 15) is 65.4 Å². The summed E-state index contributed by atoms with van der Waals surface area (Å²) in [5.41, 5.74) is 13.7. The van der Waals surface area contributed by atoms with E-state index in [-0.39, 0.29) is 62.9 Å². The maximum Gasteiger partial charge on any atom is 0.330 e. The number of aliphatic hydroxyl groups excluding tert-OH is 6. The fraction of sp³-hybridized carbons (Fsp3) is 0.493. The number of phenols is 3. The summed E-state index contributed by atoms with van der Waals surface area (Å²) >= 11 is 7.18. The van der Waals surface area contributed by atoms with Gasteiger partial charge in [0.25, 0.3) is 5.91 Å². The summed E-state index contributed by atoms with van der Waals surface area (Å²) in [7, 11) is 5.18. The number of benzene rings is 5. The minimum Gasteiger partial charge on any atom is -0.508 e. The van der Waals surface area contributed by atoms with Gasteiger partial charge in [-0.3, -0.25) is 33.6 Å². The number of nitrogens with one attached hydrogen (secondary N) is 6. The molecule has 11 bridgehead atoms. The Labute approximate surface area is 646 Å². The number of ether oxygens (including phenoxy) is 8. The van der Waals surface area contributed by atoms with Crippen molar-refractivity contribution in [2.24, 2.45) is 23.1 Å². The van der Waals surface area contributed by atoms with Crippen molar-refractivity contribution in [3.05, 3.63) is 118 Å². The van der Waals surface area contributed by atoms with E-state index in [1.807, 2.05) is 13.8 Å². The van der Waals surface area contributed by atoms with E-state index < -0.39 is 250 Å². The Morgan fingerprint density at radius 1 is 0.670 bits per heavy atom. The van der Waals surface area contributed by atoms with Gasteiger partial charge in [-0.2, -0.15) is 0 Å². The van der Waals surface area contributed by atoms with Crippen LogP contribution < -0.4 is 63.3 Å². The van der Waals surface area contributed by atoms with Crippen LogP contribution in [0.25, 0.3) is 11.1 Å². The van der Waals surface area contributed by atoms with Crippen LogP contribution in [0.1, 0.15) is 125 Å². The Morgan fingerprint density at radius 2 is 1.26 bits per heavy atom. The van der Waals surface area contributed by atoms with E-state index in [1.54, 1.807) is 21.1 Å². The molecule has 8 aliphatic heterocycles. The number of carboxylic acids is 1. The number of carboxylic acid groups (broad SMARTS) is 1. The molecule has 8 heterocycles. The average Bonchev–Trinajstić information content (AvgIpc) is 0.767. The van der Waals surface area contributed by atoms with E-state index in [1.165, 1.54) is 64.1 Å². The Balaban J connectivity index is 1.18. The van der Waals surface area contributed by atoms with Crippen molar-refractivity contribution in [3.63, 3.8) is 0 Å². The zero-order valence-corrected chi connectivity index (χ0v) is 63.1. The maximum absolute atomic E-state index is 16.4. The van der Waals surface area contributed by atoms with Gasteiger partial charge in [0.2, 0.25) is 47.5 Å². The summed E-state index contributed by atoms with van der Waals surface area (Å²) < 4.78 is 51.8. The molecule has 37 heteroatoms. The lowest BCUT2D eigenvalue weighted by molar-refractivity contribution is -0.887. The number of aliphatic carboxylic acids is 1. The lowest BCUT2D eigenvalue weighted by Gasteiger charge is -2.47. The number of primary amides is 1. The highest BCUT2D eigenvalue weighted by Crippen LogP contribution is 2.50. The molecule has 5 aromatic carbocycles. The number of halogens is 1. The molecule has 0 spiro atoms. The predicted molar refractivity (Wildman–Crippen MR) is 390 cm³/mol. The van der Waals surface area contributed by atoms with Gasteiger partial charge in [0.1, 0.15) is 89.5 Å². The SMILES string of the molecule is CC(C)CC(C(=O)NC1C(=O)NC(CC(N)=O)C(=O)NC2C(=O)NC3C(=O)NC(C(=O)NC(C(=O)O)c4cc(O)cc(O)c4-c4cc3ccc4O)C(O[C@H]3C[C@](C)(N)[C@@H](O)[C@H](C)O3)c3ccc(cc3)Oc3cc2cc(c3O[C@@H]2O[C@H](CO)[C@@H](O)[C@H](O)[C@H]2O[C@H]2C[C@](C)(N)[C@@H](O)[C@H](C)O2)Oc2ccc(cc2Cl)C1O)[N+](C)(C)C. The first-order valence-corrected chi connectivity index (χ1v) is 36.4. The number of likely N-dealkylation sites (N-methyl/N-ethyl adjacent to an activating group) is 1. The van der Waals surface area contributed by atoms with Crippen molar-refractivity contribution in [1.29, 1.82) is 0 Å². The number of aliphatic hydroxyl groups is 6. The molecule has 9 unspecified atom stereocenters. The Hall–Kier alpha value is -9.61. The van der Waals surface area contributed by atoms with E-state index >= 15 is 24.0 Å². The zero-order valence-electron chi connectivity index (χ0n) is 62.3. The molecule has 13 rings (SSSR count). The number of nitrogens with zero attached hydrogens (tertiary/aromatic N) is 1. The number of quaternary nitrogens is 1. The fourth-order valence-electron chi connectivity index (χ4n) is 14.6. The first-order valence-electron chi connectivity index (χ1n) is 36.0. The highest BCUT2D eigenvalue weighted by atomic mass is 35.5. The molecule has 3 saturated heterocycles. The molecule has 0 aromatic heterocycles. The van der Waals surface area contributed by atoms with Crippen molar-refractivity contribution >= 4 is 58.9 Å². The molecular formula is C75H94ClN10O26+. The minimum absolute atomic E-state index is 0.0133. The second-order valence-corrected chi connectivity index (χ2v) is 31.3. The van der Waals surface area contributed by atoms with Crippen molar-refractivity contribution < 1.29 is 132 Å². The fourth-order valence-corrected chi connectivity index (χ4v) is 14.8. The number of nitrogens with two attached hydrogens (primary N) is 3.